The van der Waals surface area contributed by atoms with Gasteiger partial charge in [-0.25, -0.2) is 4.79 Å². The van der Waals surface area contributed by atoms with Crippen LogP contribution in [0.5, 0.6) is 5.06 Å². The molecule has 6 nitrogen and oxygen atoms in total. The number of hydrogen-bond acceptors (Lipinski definition) is 6. The van der Waals surface area contributed by atoms with Crippen molar-refractivity contribution in [2.75, 3.05) is 13.2 Å². The van der Waals surface area contributed by atoms with Crippen molar-refractivity contribution in [2.24, 2.45) is 0 Å². The van der Waals surface area contributed by atoms with Gasteiger partial charge in [0.15, 0.2) is 5.06 Å². The molecule has 0 fully saturated rings. The van der Waals surface area contributed by atoms with Gasteiger partial charge in [-0.05, 0) is 25.3 Å². The van der Waals surface area contributed by atoms with Gasteiger partial charge in [0.25, 0.3) is 0 Å². The van der Waals surface area contributed by atoms with Gasteiger partial charge >= 0.3 is 5.97 Å². The minimum absolute atomic E-state index is 0.0696. The van der Waals surface area contributed by atoms with E-state index in [4.69, 9.17) is 20.1 Å². The molecule has 0 amide bonds. The molecule has 0 saturated carbocycles. The molecule has 0 aliphatic carbocycles. The van der Waals surface area contributed by atoms with Crippen LogP contribution < -0.4 is 4.74 Å². The van der Waals surface area contributed by atoms with E-state index in [0.29, 0.717) is 0 Å². The number of aliphatic hydroxyl groups is 2. The Bertz CT molecular complexity index is 383. The van der Waals surface area contributed by atoms with Crippen LogP contribution in [-0.2, 0) is 4.79 Å². The highest BCUT2D eigenvalue weighted by Gasteiger charge is 2.13. The molecule has 0 aliphatic rings. The number of rotatable bonds is 5. The third kappa shape index (κ3) is 7.00. The third-order valence-corrected chi connectivity index (χ3v) is 2.30. The molecule has 18 heavy (non-hydrogen) atoms. The fourth-order valence-corrected chi connectivity index (χ4v) is 1.54. The molecule has 1 aromatic heterocycles. The second kappa shape index (κ2) is 8.62. The minimum atomic E-state index is -1.07. The molecule has 1 aromatic rings. The standard InChI is InChI=1S/C8H10O5S.C3H6O/c9-3-5(10)4-13-8-6(7(11)12)1-2-14-8;1-3(2)4/h1-2,5,9-10H,3-4H2,(H,11,12);1-2H3. The lowest BCUT2D eigenvalue weighted by atomic mass is 10.3. The van der Waals surface area contributed by atoms with Gasteiger partial charge in [-0.1, -0.05) is 0 Å². The van der Waals surface area contributed by atoms with Gasteiger partial charge in [-0.15, -0.1) is 11.3 Å². The SMILES string of the molecule is CC(C)=O.O=C(O)c1ccsc1OCC(O)CO. The van der Waals surface area contributed by atoms with E-state index in [0.717, 1.165) is 11.3 Å². The van der Waals surface area contributed by atoms with Crippen LogP contribution in [0.4, 0.5) is 0 Å². The van der Waals surface area contributed by atoms with E-state index in [-0.39, 0.29) is 23.0 Å². The maximum Gasteiger partial charge on any atom is 0.340 e. The maximum atomic E-state index is 10.6. The summed E-state index contributed by atoms with van der Waals surface area (Å²) in [6, 6.07) is 1.42. The molecule has 1 atom stereocenters. The Morgan fingerprint density at radius 1 is 1.44 bits per heavy atom. The molecule has 1 unspecified atom stereocenters. The predicted molar refractivity (Wildman–Crippen MR) is 66.2 cm³/mol. The fourth-order valence-electron chi connectivity index (χ4n) is 0.790. The highest BCUT2D eigenvalue weighted by Crippen LogP contribution is 2.25. The van der Waals surface area contributed by atoms with Crippen molar-refractivity contribution >= 4 is 23.1 Å². The van der Waals surface area contributed by atoms with Crippen LogP contribution in [0.15, 0.2) is 11.4 Å². The van der Waals surface area contributed by atoms with Crippen molar-refractivity contribution in [3.8, 4) is 5.06 Å². The van der Waals surface area contributed by atoms with Crippen LogP contribution in [0.25, 0.3) is 0 Å². The lowest BCUT2D eigenvalue weighted by molar-refractivity contribution is -0.115. The van der Waals surface area contributed by atoms with E-state index in [9.17, 15) is 9.59 Å². The number of aliphatic hydroxyl groups excluding tert-OH is 2. The predicted octanol–water partition coefficient (Wildman–Crippen LogP) is 0.774. The first-order valence-electron chi connectivity index (χ1n) is 5.08. The van der Waals surface area contributed by atoms with Crippen molar-refractivity contribution in [3.63, 3.8) is 0 Å². The van der Waals surface area contributed by atoms with Crippen LogP contribution in [-0.4, -0.2) is 46.4 Å². The van der Waals surface area contributed by atoms with Gasteiger partial charge in [-0.2, -0.15) is 0 Å². The highest BCUT2D eigenvalue weighted by molar-refractivity contribution is 7.12. The molecule has 0 spiro atoms. The summed E-state index contributed by atoms with van der Waals surface area (Å²) in [7, 11) is 0. The van der Waals surface area contributed by atoms with Crippen LogP contribution in [0, 0.1) is 0 Å². The number of carbonyl (C=O) groups excluding carboxylic acids is 1. The zero-order valence-electron chi connectivity index (χ0n) is 10.1. The van der Waals surface area contributed by atoms with E-state index in [1.54, 1.807) is 5.38 Å². The van der Waals surface area contributed by atoms with E-state index in [1.807, 2.05) is 0 Å². The molecule has 7 heteroatoms. The lowest BCUT2D eigenvalue weighted by Crippen LogP contribution is -2.21. The van der Waals surface area contributed by atoms with Gasteiger partial charge in [0.1, 0.15) is 24.1 Å². The van der Waals surface area contributed by atoms with Crippen molar-refractivity contribution < 1.29 is 29.6 Å². The number of Topliss-reactive ketones (excluding diaryl/α,β-unsaturated/α-hetero) is 1. The topological polar surface area (TPSA) is 104 Å². The largest absolute Gasteiger partial charge is 0.480 e. The van der Waals surface area contributed by atoms with Gasteiger partial charge in [0.2, 0.25) is 0 Å². The third-order valence-electron chi connectivity index (χ3n) is 1.48. The second-order valence-electron chi connectivity index (χ2n) is 3.48. The van der Waals surface area contributed by atoms with E-state index < -0.39 is 18.7 Å². The van der Waals surface area contributed by atoms with Crippen molar-refractivity contribution in [1.29, 1.82) is 0 Å². The van der Waals surface area contributed by atoms with Crippen LogP contribution in [0.1, 0.15) is 24.2 Å². The quantitative estimate of drug-likeness (QED) is 0.734. The molecule has 3 N–H and O–H groups in total. The molecule has 0 radical (unpaired) electrons. The van der Waals surface area contributed by atoms with Crippen molar-refractivity contribution in [2.45, 2.75) is 20.0 Å². The minimum Gasteiger partial charge on any atom is -0.480 e. The highest BCUT2D eigenvalue weighted by atomic mass is 32.1. The molecular weight excluding hydrogens is 260 g/mol. The van der Waals surface area contributed by atoms with Gasteiger partial charge < -0.3 is 24.9 Å². The van der Waals surface area contributed by atoms with E-state index >= 15 is 0 Å². The molecule has 0 aliphatic heterocycles. The van der Waals surface area contributed by atoms with E-state index in [2.05, 4.69) is 0 Å². The summed E-state index contributed by atoms with van der Waals surface area (Å²) >= 11 is 1.13. The normalized spacial score (nSPS) is 11.1. The first-order chi connectivity index (χ1) is 8.38. The number of ketones is 1. The Kier molecular flexibility index (Phi) is 7.93. The van der Waals surface area contributed by atoms with Gasteiger partial charge in [0.05, 0.1) is 6.61 Å². The average molecular weight is 276 g/mol. The molecule has 1 rings (SSSR count). The fraction of sp³-hybridized carbons (Fsp3) is 0.455. The molecular formula is C11H16O6S. The van der Waals surface area contributed by atoms with Gasteiger partial charge in [0, 0.05) is 0 Å². The summed E-state index contributed by atoms with van der Waals surface area (Å²) in [6.07, 6.45) is -0.987. The van der Waals surface area contributed by atoms with Crippen LogP contribution in [0.2, 0.25) is 0 Å². The molecule has 0 bridgehead atoms. The smallest absolute Gasteiger partial charge is 0.340 e. The first-order valence-corrected chi connectivity index (χ1v) is 5.96. The summed E-state index contributed by atoms with van der Waals surface area (Å²) in [5.74, 6) is -0.903. The van der Waals surface area contributed by atoms with Crippen LogP contribution in [0.3, 0.4) is 0 Å². The van der Waals surface area contributed by atoms with Crippen LogP contribution >= 0.6 is 11.3 Å². The Labute approximate surface area is 108 Å². The number of aromatic carboxylic acids is 1. The molecule has 0 saturated heterocycles. The molecule has 0 aromatic carbocycles. The van der Waals surface area contributed by atoms with Gasteiger partial charge in [-0.3, -0.25) is 0 Å². The van der Waals surface area contributed by atoms with Crippen molar-refractivity contribution in [1.82, 2.24) is 0 Å². The molecule has 102 valence electrons. The Morgan fingerprint density at radius 2 is 2.00 bits per heavy atom. The summed E-state index contributed by atoms with van der Waals surface area (Å²) < 4.78 is 5.02. The average Bonchev–Trinajstić information content (AvgIpc) is 2.73. The monoisotopic (exact) mass is 276 g/mol. The molecule has 1 heterocycles. The number of carboxylic acids is 1. The Morgan fingerprint density at radius 3 is 2.44 bits per heavy atom. The number of thiophene rings is 1. The number of carboxylic acid groups (broad SMARTS) is 1. The Balaban J connectivity index is 0.000000631. The Hall–Kier alpha value is -1.44. The summed E-state index contributed by atoms with van der Waals surface area (Å²) in [4.78, 5) is 20.1. The maximum absolute atomic E-state index is 10.6. The summed E-state index contributed by atoms with van der Waals surface area (Å²) in [6.45, 7) is 2.53. The number of ether oxygens (including phenoxy) is 1. The number of carbonyl (C=O) groups is 2. The first kappa shape index (κ1) is 16.6. The summed E-state index contributed by atoms with van der Waals surface area (Å²) in [5.41, 5.74) is 0.0696. The second-order valence-corrected chi connectivity index (χ2v) is 4.36. The lowest BCUT2D eigenvalue weighted by Gasteiger charge is -2.08. The zero-order chi connectivity index (χ0) is 14.1. The van der Waals surface area contributed by atoms with E-state index in [1.165, 1.54) is 19.9 Å². The summed E-state index contributed by atoms with van der Waals surface area (Å²) in [5, 5.41) is 28.0. The number of hydrogen-bond donors (Lipinski definition) is 3. The van der Waals surface area contributed by atoms with Crippen molar-refractivity contribution in [3.05, 3.63) is 17.0 Å². The zero-order valence-corrected chi connectivity index (χ0v) is 10.9.